The van der Waals surface area contributed by atoms with Crippen LogP contribution >= 0.6 is 23.4 Å². The number of nitro benzene ring substituents is 1. The highest BCUT2D eigenvalue weighted by atomic mass is 35.5. The number of ether oxygens (including phenoxy) is 2. The molecule has 0 spiro atoms. The summed E-state index contributed by atoms with van der Waals surface area (Å²) in [5, 5.41) is 10.6. The summed E-state index contributed by atoms with van der Waals surface area (Å²) in [6.45, 7) is 0.0348. The number of methoxy groups -OCH3 is 1. The normalized spacial score (nSPS) is 19.4. The first-order valence-electron chi connectivity index (χ1n) is 10.9. The second kappa shape index (κ2) is 11.4. The van der Waals surface area contributed by atoms with Crippen LogP contribution in [0.5, 0.6) is 5.75 Å². The van der Waals surface area contributed by atoms with Crippen LogP contribution in [0.2, 0.25) is 0 Å². The smallest absolute Gasteiger partial charge is 0.355 e. The van der Waals surface area contributed by atoms with Crippen LogP contribution in [0.4, 0.5) is 5.69 Å². The number of halogens is 1. The van der Waals surface area contributed by atoms with Gasteiger partial charge in [-0.15, -0.1) is 23.4 Å². The Hall–Kier alpha value is -3.63. The molecule has 1 amide bonds. The van der Waals surface area contributed by atoms with E-state index in [9.17, 15) is 19.7 Å². The fraction of sp³-hybridized carbons (Fsp3) is 0.240. The molecule has 9 nitrogen and oxygen atoms in total. The maximum atomic E-state index is 13.1. The van der Waals surface area contributed by atoms with Crippen LogP contribution in [-0.4, -0.2) is 58.1 Å². The predicted octanol–water partition coefficient (Wildman–Crippen LogP) is 4.10. The Morgan fingerprint density at radius 2 is 2.08 bits per heavy atom. The summed E-state index contributed by atoms with van der Waals surface area (Å²) >= 11 is 7.27. The van der Waals surface area contributed by atoms with Crippen molar-refractivity contribution in [3.63, 3.8) is 0 Å². The van der Waals surface area contributed by atoms with Crippen LogP contribution < -0.4 is 4.74 Å². The lowest BCUT2D eigenvalue weighted by atomic mass is 10.0. The lowest BCUT2D eigenvalue weighted by Gasteiger charge is -2.47. The minimum absolute atomic E-state index is 0.0348. The van der Waals surface area contributed by atoms with Crippen molar-refractivity contribution < 1.29 is 24.0 Å². The Morgan fingerprint density at radius 1 is 1.31 bits per heavy atom. The average molecular weight is 528 g/mol. The van der Waals surface area contributed by atoms with Gasteiger partial charge in [-0.2, -0.15) is 0 Å². The quantitative estimate of drug-likeness (QED) is 0.120. The van der Waals surface area contributed by atoms with Crippen molar-refractivity contribution in [2.45, 2.75) is 18.0 Å². The van der Waals surface area contributed by atoms with Gasteiger partial charge in [0.25, 0.3) is 11.6 Å². The number of non-ortho nitro benzene ring substituents is 1. The van der Waals surface area contributed by atoms with Crippen molar-refractivity contribution in [3.05, 3.63) is 93.2 Å². The van der Waals surface area contributed by atoms with E-state index >= 15 is 0 Å². The zero-order valence-corrected chi connectivity index (χ0v) is 20.8. The van der Waals surface area contributed by atoms with Gasteiger partial charge in [0.15, 0.2) is 6.04 Å². The molecule has 2 aliphatic heterocycles. The summed E-state index contributed by atoms with van der Waals surface area (Å²) in [5.74, 6) is 0.464. The highest BCUT2D eigenvalue weighted by Gasteiger charge is 2.53. The second-order valence-electron chi connectivity index (χ2n) is 7.84. The summed E-state index contributed by atoms with van der Waals surface area (Å²) in [6, 6.07) is 12.4. The fourth-order valence-corrected chi connectivity index (χ4v) is 5.15. The summed E-state index contributed by atoms with van der Waals surface area (Å²) in [5.41, 5.74) is 2.05. The Labute approximate surface area is 216 Å². The third-order valence-electron chi connectivity index (χ3n) is 5.57. The molecule has 36 heavy (non-hydrogen) atoms. The minimum Gasteiger partial charge on any atom is -0.497 e. The van der Waals surface area contributed by atoms with Crippen molar-refractivity contribution >= 4 is 47.1 Å². The number of rotatable bonds is 9. The molecule has 0 unspecified atom stereocenters. The van der Waals surface area contributed by atoms with E-state index in [1.165, 1.54) is 35.0 Å². The van der Waals surface area contributed by atoms with E-state index in [-0.39, 0.29) is 35.2 Å². The van der Waals surface area contributed by atoms with Gasteiger partial charge in [-0.25, -0.2) is 4.79 Å². The molecule has 0 radical (unpaired) electrons. The Bertz CT molecular complexity index is 1260. The van der Waals surface area contributed by atoms with Gasteiger partial charge in [-0.1, -0.05) is 36.4 Å². The van der Waals surface area contributed by atoms with Crippen LogP contribution in [0.25, 0.3) is 0 Å². The van der Waals surface area contributed by atoms with Crippen LogP contribution in [-0.2, 0) is 20.9 Å². The molecule has 2 aromatic rings. The number of nitro groups is 1. The minimum atomic E-state index is -0.711. The third-order valence-corrected chi connectivity index (χ3v) is 7.03. The Morgan fingerprint density at radius 3 is 2.78 bits per heavy atom. The van der Waals surface area contributed by atoms with Crippen molar-refractivity contribution in [2.75, 3.05) is 18.7 Å². The lowest BCUT2D eigenvalue weighted by Crippen LogP contribution is -2.64. The number of carbonyl (C=O) groups is 2. The molecule has 2 heterocycles. The number of allylic oxidation sites excluding steroid dienone is 2. The van der Waals surface area contributed by atoms with Gasteiger partial charge in [-0.3, -0.25) is 24.8 Å². The molecule has 0 aliphatic carbocycles. The number of amides is 1. The molecule has 2 aliphatic rings. The average Bonchev–Trinajstić information content (AvgIpc) is 2.90. The number of fused-ring (bicyclic) bond motifs is 1. The maximum Gasteiger partial charge on any atom is 0.355 e. The number of carbonyl (C=O) groups excluding carboxylic acids is 2. The number of hydrogen-bond acceptors (Lipinski definition) is 8. The number of aliphatic imine (C=N–C) groups is 1. The molecular weight excluding hydrogens is 506 g/mol. The maximum absolute atomic E-state index is 13.1. The first-order valence-corrected chi connectivity index (χ1v) is 12.5. The highest BCUT2D eigenvalue weighted by molar-refractivity contribution is 8.00. The molecule has 0 N–H and O–H groups in total. The van der Waals surface area contributed by atoms with E-state index in [0.29, 0.717) is 22.6 Å². The van der Waals surface area contributed by atoms with E-state index in [2.05, 4.69) is 4.99 Å². The zero-order valence-electron chi connectivity index (χ0n) is 19.2. The van der Waals surface area contributed by atoms with Crippen LogP contribution in [0, 0.1) is 10.1 Å². The summed E-state index contributed by atoms with van der Waals surface area (Å²) < 4.78 is 10.7. The molecule has 2 atom stereocenters. The first kappa shape index (κ1) is 25.5. The number of benzene rings is 2. The summed E-state index contributed by atoms with van der Waals surface area (Å²) in [6.07, 6.45) is 4.88. The number of alkyl halides is 1. The van der Waals surface area contributed by atoms with Gasteiger partial charge in [0, 0.05) is 30.0 Å². The first-order chi connectivity index (χ1) is 17.4. The number of esters is 1. The summed E-state index contributed by atoms with van der Waals surface area (Å²) in [7, 11) is 1.57. The number of hydrogen-bond donors (Lipinski definition) is 0. The molecule has 0 bridgehead atoms. The molecule has 11 heteroatoms. The van der Waals surface area contributed by atoms with Crippen molar-refractivity contribution in [3.8, 4) is 5.75 Å². The molecule has 1 saturated heterocycles. The van der Waals surface area contributed by atoms with E-state index in [1.54, 1.807) is 55.7 Å². The van der Waals surface area contributed by atoms with Crippen molar-refractivity contribution in [1.29, 1.82) is 0 Å². The van der Waals surface area contributed by atoms with E-state index in [4.69, 9.17) is 21.1 Å². The lowest BCUT2D eigenvalue weighted by molar-refractivity contribution is -0.384. The van der Waals surface area contributed by atoms with Gasteiger partial charge in [0.2, 0.25) is 0 Å². The number of β-lactam (4-membered cyclic amide) rings is 1. The standard InChI is InChI=1S/C25H22ClN3O6S/c1-34-20-9-7-16(8-10-20)14-35-25(31)22-18(5-3-11-26)15-36-24-21(23(30)28(22)24)27-13-17-4-2-6-19(12-17)29(32)33/h2-10,12-13,21,24H,11,14-15H2,1H3/t21-,24+/m1/s1. The molecular formula is C25H22ClN3O6S. The van der Waals surface area contributed by atoms with E-state index in [1.807, 2.05) is 0 Å². The van der Waals surface area contributed by atoms with Crippen molar-refractivity contribution in [2.24, 2.45) is 4.99 Å². The summed E-state index contributed by atoms with van der Waals surface area (Å²) in [4.78, 5) is 42.5. The number of nitrogens with zero attached hydrogens (tertiary/aromatic N) is 3. The second-order valence-corrected chi connectivity index (χ2v) is 9.25. The topological polar surface area (TPSA) is 111 Å². The molecule has 186 valence electrons. The Balaban J connectivity index is 1.51. The zero-order chi connectivity index (χ0) is 25.7. The monoisotopic (exact) mass is 527 g/mol. The Kier molecular flexibility index (Phi) is 8.07. The molecule has 2 aromatic carbocycles. The third kappa shape index (κ3) is 5.44. The van der Waals surface area contributed by atoms with Crippen molar-refractivity contribution in [1.82, 2.24) is 4.90 Å². The fourth-order valence-electron chi connectivity index (χ4n) is 3.76. The van der Waals surface area contributed by atoms with Gasteiger partial charge >= 0.3 is 5.97 Å². The van der Waals surface area contributed by atoms with Crippen LogP contribution in [0.15, 0.2) is 76.9 Å². The molecule has 0 saturated carbocycles. The van der Waals surface area contributed by atoms with Gasteiger partial charge in [-0.05, 0) is 28.8 Å². The largest absolute Gasteiger partial charge is 0.497 e. The SMILES string of the molecule is COc1ccc(COC(=O)C2=C(C=CCCl)CS[C@H]3[C@H](N=Cc4cccc([N+](=O)[O-])c4)C(=O)N23)cc1. The van der Waals surface area contributed by atoms with Gasteiger partial charge in [0.05, 0.1) is 12.0 Å². The van der Waals surface area contributed by atoms with Crippen LogP contribution in [0.1, 0.15) is 11.1 Å². The van der Waals surface area contributed by atoms with Gasteiger partial charge < -0.3 is 9.47 Å². The van der Waals surface area contributed by atoms with Crippen LogP contribution in [0.3, 0.4) is 0 Å². The molecule has 1 fully saturated rings. The molecule has 0 aromatic heterocycles. The number of thioether (sulfide) groups is 1. The molecule has 4 rings (SSSR count). The van der Waals surface area contributed by atoms with Gasteiger partial charge in [0.1, 0.15) is 23.4 Å². The van der Waals surface area contributed by atoms with E-state index in [0.717, 1.165) is 5.56 Å². The predicted molar refractivity (Wildman–Crippen MR) is 137 cm³/mol. The highest BCUT2D eigenvalue weighted by Crippen LogP contribution is 2.42. The van der Waals surface area contributed by atoms with E-state index < -0.39 is 16.9 Å².